The highest BCUT2D eigenvalue weighted by atomic mass is 32.1. The summed E-state index contributed by atoms with van der Waals surface area (Å²) in [5, 5.41) is 0.954. The van der Waals surface area contributed by atoms with Crippen LogP contribution in [0.25, 0.3) is 0 Å². The van der Waals surface area contributed by atoms with Crippen molar-refractivity contribution in [3.05, 3.63) is 16.1 Å². The third-order valence-electron chi connectivity index (χ3n) is 1.57. The molecule has 1 saturated heterocycles. The van der Waals surface area contributed by atoms with Gasteiger partial charge in [-0.2, -0.15) is 0 Å². The second-order valence-corrected chi connectivity index (χ2v) is 3.77. The number of thiazole rings is 1. The first-order chi connectivity index (χ1) is 5.27. The third kappa shape index (κ3) is 1.26. The van der Waals surface area contributed by atoms with Crippen molar-refractivity contribution >= 4 is 17.2 Å². The zero-order valence-corrected chi connectivity index (χ0v) is 7.02. The molecule has 1 fully saturated rings. The van der Waals surface area contributed by atoms with Crippen molar-refractivity contribution in [3.63, 3.8) is 0 Å². The molecule has 58 valence electrons. The van der Waals surface area contributed by atoms with Gasteiger partial charge in [0.2, 0.25) is 0 Å². The Balaban J connectivity index is 2.21. The molecule has 2 heterocycles. The summed E-state index contributed by atoms with van der Waals surface area (Å²) in [6.07, 6.45) is 1.65. The second kappa shape index (κ2) is 2.30. The van der Waals surface area contributed by atoms with Gasteiger partial charge in [0, 0.05) is 13.1 Å². The van der Waals surface area contributed by atoms with Gasteiger partial charge < -0.3 is 4.90 Å². The summed E-state index contributed by atoms with van der Waals surface area (Å²) >= 11 is 1.46. The van der Waals surface area contributed by atoms with Crippen LogP contribution >= 0.6 is 11.3 Å². The van der Waals surface area contributed by atoms with Crippen LogP contribution in [0.15, 0.2) is 6.20 Å². The number of aromatic nitrogens is 1. The summed E-state index contributed by atoms with van der Waals surface area (Å²) in [5.41, 5.74) is 0. The molecule has 0 bridgehead atoms. The molecule has 0 aliphatic carbocycles. The smallest absolute Gasteiger partial charge is 0.265 e. The molecule has 1 aliphatic rings. The first kappa shape index (κ1) is 6.79. The van der Waals surface area contributed by atoms with Crippen LogP contribution in [0, 0.1) is 6.92 Å². The average molecular weight is 168 g/mol. The Morgan fingerprint density at radius 3 is 2.91 bits per heavy atom. The van der Waals surface area contributed by atoms with E-state index in [0.29, 0.717) is 0 Å². The van der Waals surface area contributed by atoms with E-state index in [2.05, 4.69) is 4.98 Å². The SMILES string of the molecule is Cc1ncc(C(=O)N2CC2)s1. The molecule has 0 saturated carbocycles. The number of rotatable bonds is 1. The van der Waals surface area contributed by atoms with Crippen molar-refractivity contribution in [3.8, 4) is 0 Å². The van der Waals surface area contributed by atoms with Gasteiger partial charge in [0.1, 0.15) is 4.88 Å². The first-order valence-electron chi connectivity index (χ1n) is 3.49. The zero-order valence-electron chi connectivity index (χ0n) is 6.20. The summed E-state index contributed by atoms with van der Waals surface area (Å²) in [6, 6.07) is 0. The van der Waals surface area contributed by atoms with Crippen molar-refractivity contribution in [2.24, 2.45) is 0 Å². The quantitative estimate of drug-likeness (QED) is 0.584. The van der Waals surface area contributed by atoms with E-state index >= 15 is 0 Å². The summed E-state index contributed by atoms with van der Waals surface area (Å²) in [5.74, 6) is 0.135. The van der Waals surface area contributed by atoms with Crippen LogP contribution in [0.2, 0.25) is 0 Å². The highest BCUT2D eigenvalue weighted by Crippen LogP contribution is 2.17. The molecule has 0 aromatic carbocycles. The van der Waals surface area contributed by atoms with E-state index in [1.807, 2.05) is 6.92 Å². The van der Waals surface area contributed by atoms with Gasteiger partial charge in [0.25, 0.3) is 5.91 Å². The lowest BCUT2D eigenvalue weighted by Gasteiger charge is -1.93. The molecule has 1 aliphatic heterocycles. The van der Waals surface area contributed by atoms with Gasteiger partial charge in [-0.15, -0.1) is 11.3 Å². The number of hydrogen-bond donors (Lipinski definition) is 0. The lowest BCUT2D eigenvalue weighted by Crippen LogP contribution is -2.07. The van der Waals surface area contributed by atoms with Crippen LogP contribution < -0.4 is 0 Å². The molecule has 1 amide bonds. The molecule has 0 atom stereocenters. The molecule has 0 unspecified atom stereocenters. The van der Waals surface area contributed by atoms with Gasteiger partial charge in [-0.25, -0.2) is 4.98 Å². The van der Waals surface area contributed by atoms with E-state index in [0.717, 1.165) is 23.0 Å². The molecular formula is C7H8N2OS. The molecule has 0 N–H and O–H groups in total. The summed E-state index contributed by atoms with van der Waals surface area (Å²) in [6.45, 7) is 3.73. The Labute approximate surface area is 68.7 Å². The van der Waals surface area contributed by atoms with E-state index in [1.54, 1.807) is 11.1 Å². The Morgan fingerprint density at radius 2 is 2.45 bits per heavy atom. The Kier molecular flexibility index (Phi) is 1.42. The molecule has 2 rings (SSSR count). The minimum absolute atomic E-state index is 0.135. The second-order valence-electron chi connectivity index (χ2n) is 2.54. The van der Waals surface area contributed by atoms with Crippen molar-refractivity contribution in [1.29, 1.82) is 0 Å². The van der Waals surface area contributed by atoms with Crippen LogP contribution in [-0.4, -0.2) is 28.9 Å². The molecule has 11 heavy (non-hydrogen) atoms. The number of hydrogen-bond acceptors (Lipinski definition) is 3. The molecule has 4 heteroatoms. The van der Waals surface area contributed by atoms with Gasteiger partial charge in [-0.05, 0) is 6.92 Å². The fourth-order valence-corrected chi connectivity index (χ4v) is 1.61. The Hall–Kier alpha value is -0.900. The number of nitrogens with zero attached hydrogens (tertiary/aromatic N) is 2. The zero-order chi connectivity index (χ0) is 7.84. The number of aryl methyl sites for hydroxylation is 1. The monoisotopic (exact) mass is 168 g/mol. The van der Waals surface area contributed by atoms with Gasteiger partial charge in [0.05, 0.1) is 11.2 Å². The van der Waals surface area contributed by atoms with E-state index in [-0.39, 0.29) is 5.91 Å². The highest BCUT2D eigenvalue weighted by Gasteiger charge is 2.26. The molecule has 0 spiro atoms. The van der Waals surface area contributed by atoms with Crippen molar-refractivity contribution < 1.29 is 4.79 Å². The largest absolute Gasteiger partial charge is 0.334 e. The Morgan fingerprint density at radius 1 is 1.73 bits per heavy atom. The van der Waals surface area contributed by atoms with Gasteiger partial charge in [-0.3, -0.25) is 4.79 Å². The topological polar surface area (TPSA) is 33.0 Å². The highest BCUT2D eigenvalue weighted by molar-refractivity contribution is 7.13. The van der Waals surface area contributed by atoms with Crippen LogP contribution in [-0.2, 0) is 0 Å². The maximum absolute atomic E-state index is 11.3. The minimum Gasteiger partial charge on any atom is -0.334 e. The minimum atomic E-state index is 0.135. The van der Waals surface area contributed by atoms with Gasteiger partial charge in [0.15, 0.2) is 0 Å². The molecule has 1 aromatic heterocycles. The van der Waals surface area contributed by atoms with Crippen molar-refractivity contribution in [2.75, 3.05) is 13.1 Å². The number of amides is 1. The predicted molar refractivity (Wildman–Crippen MR) is 42.8 cm³/mol. The maximum Gasteiger partial charge on any atom is 0.265 e. The van der Waals surface area contributed by atoms with Crippen LogP contribution in [0.5, 0.6) is 0 Å². The molecule has 0 radical (unpaired) electrons. The first-order valence-corrected chi connectivity index (χ1v) is 4.31. The molecule has 1 aromatic rings. The van der Waals surface area contributed by atoms with Crippen molar-refractivity contribution in [1.82, 2.24) is 9.88 Å². The summed E-state index contributed by atoms with van der Waals surface area (Å²) < 4.78 is 0. The third-order valence-corrected chi connectivity index (χ3v) is 2.47. The van der Waals surface area contributed by atoms with E-state index in [9.17, 15) is 4.79 Å². The lowest BCUT2D eigenvalue weighted by molar-refractivity contribution is 0.0889. The van der Waals surface area contributed by atoms with Gasteiger partial charge in [-0.1, -0.05) is 0 Å². The predicted octanol–water partition coefficient (Wildman–Crippen LogP) is 0.907. The number of carbonyl (C=O) groups is 1. The average Bonchev–Trinajstić information content (AvgIpc) is 2.74. The fourth-order valence-electron chi connectivity index (χ4n) is 0.869. The maximum atomic E-state index is 11.3. The molecular weight excluding hydrogens is 160 g/mol. The normalized spacial score (nSPS) is 15.2. The standard InChI is InChI=1S/C7H8N2OS/c1-5-8-4-6(11-5)7(10)9-2-3-9/h4H,2-3H2,1H3. The molecule has 3 nitrogen and oxygen atoms in total. The van der Waals surface area contributed by atoms with Crippen LogP contribution in [0.4, 0.5) is 0 Å². The van der Waals surface area contributed by atoms with Crippen molar-refractivity contribution in [2.45, 2.75) is 6.92 Å². The Bertz CT molecular complexity index is 290. The summed E-state index contributed by atoms with van der Waals surface area (Å²) in [4.78, 5) is 17.9. The lowest BCUT2D eigenvalue weighted by atomic mass is 10.5. The van der Waals surface area contributed by atoms with Crippen LogP contribution in [0.3, 0.4) is 0 Å². The summed E-state index contributed by atoms with van der Waals surface area (Å²) in [7, 11) is 0. The van der Waals surface area contributed by atoms with Gasteiger partial charge >= 0.3 is 0 Å². The fraction of sp³-hybridized carbons (Fsp3) is 0.429. The van der Waals surface area contributed by atoms with Crippen LogP contribution in [0.1, 0.15) is 14.7 Å². The van der Waals surface area contributed by atoms with E-state index in [4.69, 9.17) is 0 Å². The van der Waals surface area contributed by atoms with E-state index in [1.165, 1.54) is 11.3 Å². The number of carbonyl (C=O) groups excluding carboxylic acids is 1. The van der Waals surface area contributed by atoms with E-state index < -0.39 is 0 Å².